The molecule has 0 saturated carbocycles. The van der Waals surface area contributed by atoms with E-state index < -0.39 is 0 Å². The lowest BCUT2D eigenvalue weighted by Crippen LogP contribution is -2.31. The molecule has 1 amide bonds. The molecular formula is C27H21N5O. The Morgan fingerprint density at radius 3 is 2.58 bits per heavy atom. The summed E-state index contributed by atoms with van der Waals surface area (Å²) in [6, 6.07) is 26.3. The monoisotopic (exact) mass is 431 g/mol. The zero-order valence-corrected chi connectivity index (χ0v) is 18.1. The van der Waals surface area contributed by atoms with Gasteiger partial charge in [-0.25, -0.2) is 4.68 Å². The van der Waals surface area contributed by atoms with Crippen molar-refractivity contribution in [3.05, 3.63) is 114 Å². The topological polar surface area (TPSA) is 63.9 Å². The molecule has 0 fully saturated rings. The number of benzene rings is 3. The second-order valence-corrected chi connectivity index (χ2v) is 8.25. The fourth-order valence-electron chi connectivity index (χ4n) is 4.74. The van der Waals surface area contributed by atoms with Gasteiger partial charge >= 0.3 is 0 Å². The van der Waals surface area contributed by atoms with E-state index in [1.807, 2.05) is 78.7 Å². The number of nitrogens with zero attached hydrogens (tertiary/aromatic N) is 5. The number of amides is 1. The molecule has 6 nitrogen and oxygen atoms in total. The predicted octanol–water partition coefficient (Wildman–Crippen LogP) is 4.92. The average Bonchev–Trinajstić information content (AvgIpc) is 3.45. The van der Waals surface area contributed by atoms with Crippen LogP contribution < -0.4 is 4.90 Å². The Morgan fingerprint density at radius 1 is 0.909 bits per heavy atom. The minimum Gasteiger partial charge on any atom is -0.306 e. The molecule has 1 atom stereocenters. The van der Waals surface area contributed by atoms with Gasteiger partial charge in [-0.1, -0.05) is 65.9 Å². The van der Waals surface area contributed by atoms with Gasteiger partial charge in [0.2, 0.25) is 0 Å². The van der Waals surface area contributed by atoms with Gasteiger partial charge in [0.05, 0.1) is 11.4 Å². The molecule has 0 radical (unpaired) electrons. The molecule has 5 aromatic rings. The SMILES string of the molecule is Cc1c(C(=O)N2CC(c3ccccc3)c3ccccc32)nnn1-c1cccc2cnccc12. The molecule has 3 heterocycles. The second-order valence-electron chi connectivity index (χ2n) is 8.25. The summed E-state index contributed by atoms with van der Waals surface area (Å²) >= 11 is 0. The smallest absolute Gasteiger partial charge is 0.280 e. The largest absolute Gasteiger partial charge is 0.306 e. The zero-order chi connectivity index (χ0) is 22.4. The number of carbonyl (C=O) groups is 1. The van der Waals surface area contributed by atoms with Crippen LogP contribution in [0, 0.1) is 6.92 Å². The van der Waals surface area contributed by atoms with Crippen LogP contribution >= 0.6 is 0 Å². The lowest BCUT2D eigenvalue weighted by Gasteiger charge is -2.17. The molecule has 160 valence electrons. The Labute approximate surface area is 191 Å². The van der Waals surface area contributed by atoms with Crippen molar-refractivity contribution in [3.8, 4) is 5.69 Å². The van der Waals surface area contributed by atoms with Crippen LogP contribution in [-0.2, 0) is 0 Å². The number of para-hydroxylation sites is 1. The van der Waals surface area contributed by atoms with Crippen molar-refractivity contribution in [1.29, 1.82) is 0 Å². The lowest BCUT2D eigenvalue weighted by molar-refractivity contribution is 0.0983. The van der Waals surface area contributed by atoms with Crippen LogP contribution in [0.2, 0.25) is 0 Å². The van der Waals surface area contributed by atoms with Crippen LogP contribution in [0.15, 0.2) is 91.3 Å². The summed E-state index contributed by atoms with van der Waals surface area (Å²) in [6.07, 6.45) is 3.58. The summed E-state index contributed by atoms with van der Waals surface area (Å²) in [4.78, 5) is 19.8. The van der Waals surface area contributed by atoms with E-state index in [1.165, 1.54) is 5.56 Å². The first-order valence-electron chi connectivity index (χ1n) is 10.9. The standard InChI is InChI=1S/C27H21N5O/c1-18-26(29-30-32(18)25-13-7-10-20-16-28-15-14-21(20)25)27(33)31-17-23(19-8-3-2-4-9-19)22-11-5-6-12-24(22)31/h2-16,23H,17H2,1H3. The van der Waals surface area contributed by atoms with E-state index in [1.54, 1.807) is 10.9 Å². The number of hydrogen-bond donors (Lipinski definition) is 0. The molecular weight excluding hydrogens is 410 g/mol. The van der Waals surface area contributed by atoms with E-state index in [0.29, 0.717) is 17.9 Å². The molecule has 0 aliphatic carbocycles. The first-order valence-corrected chi connectivity index (χ1v) is 10.9. The van der Waals surface area contributed by atoms with Crippen molar-refractivity contribution in [3.63, 3.8) is 0 Å². The number of aromatic nitrogens is 4. The zero-order valence-electron chi connectivity index (χ0n) is 18.1. The number of anilines is 1. The molecule has 33 heavy (non-hydrogen) atoms. The number of carbonyl (C=O) groups excluding carboxylic acids is 1. The van der Waals surface area contributed by atoms with Crippen LogP contribution in [0.5, 0.6) is 0 Å². The van der Waals surface area contributed by atoms with Gasteiger partial charge < -0.3 is 4.90 Å². The maximum atomic E-state index is 13.7. The van der Waals surface area contributed by atoms with Crippen molar-refractivity contribution in [2.75, 3.05) is 11.4 Å². The van der Waals surface area contributed by atoms with Gasteiger partial charge in [-0.15, -0.1) is 5.10 Å². The molecule has 1 aliphatic rings. The Kier molecular flexibility index (Phi) is 4.50. The Morgan fingerprint density at radius 2 is 1.70 bits per heavy atom. The summed E-state index contributed by atoms with van der Waals surface area (Å²) in [5.41, 5.74) is 5.24. The van der Waals surface area contributed by atoms with Crippen molar-refractivity contribution < 1.29 is 4.79 Å². The van der Waals surface area contributed by atoms with Crippen molar-refractivity contribution in [2.24, 2.45) is 0 Å². The van der Waals surface area contributed by atoms with Gasteiger partial charge in [0.1, 0.15) is 0 Å². The molecule has 0 N–H and O–H groups in total. The van der Waals surface area contributed by atoms with Gasteiger partial charge in [0.25, 0.3) is 5.91 Å². The Balaban J connectivity index is 1.40. The van der Waals surface area contributed by atoms with E-state index in [4.69, 9.17) is 0 Å². The minimum absolute atomic E-state index is 0.132. The van der Waals surface area contributed by atoms with Gasteiger partial charge in [-0.3, -0.25) is 9.78 Å². The van der Waals surface area contributed by atoms with Crippen LogP contribution in [0.25, 0.3) is 16.5 Å². The number of pyridine rings is 1. The highest BCUT2D eigenvalue weighted by atomic mass is 16.2. The van der Waals surface area contributed by atoms with Gasteiger partial charge in [0, 0.05) is 41.3 Å². The molecule has 3 aromatic carbocycles. The van der Waals surface area contributed by atoms with Crippen LogP contribution in [0.4, 0.5) is 5.69 Å². The summed E-state index contributed by atoms with van der Waals surface area (Å²) in [5, 5.41) is 10.7. The first-order chi connectivity index (χ1) is 16.2. The average molecular weight is 431 g/mol. The molecule has 1 aliphatic heterocycles. The maximum absolute atomic E-state index is 13.7. The fraction of sp³-hybridized carbons (Fsp3) is 0.111. The van der Waals surface area contributed by atoms with Crippen molar-refractivity contribution >= 4 is 22.4 Å². The van der Waals surface area contributed by atoms with E-state index in [-0.39, 0.29) is 11.8 Å². The third-order valence-electron chi connectivity index (χ3n) is 6.40. The van der Waals surface area contributed by atoms with E-state index in [2.05, 4.69) is 33.5 Å². The van der Waals surface area contributed by atoms with Gasteiger partial charge in [-0.2, -0.15) is 0 Å². The van der Waals surface area contributed by atoms with Crippen LogP contribution in [-0.4, -0.2) is 32.4 Å². The fourth-order valence-corrected chi connectivity index (χ4v) is 4.74. The predicted molar refractivity (Wildman–Crippen MR) is 128 cm³/mol. The van der Waals surface area contributed by atoms with Gasteiger partial charge in [-0.05, 0) is 36.2 Å². The highest BCUT2D eigenvalue weighted by Gasteiger charge is 2.35. The quantitative estimate of drug-likeness (QED) is 0.407. The third-order valence-corrected chi connectivity index (χ3v) is 6.40. The second kappa shape index (κ2) is 7.67. The molecule has 6 heteroatoms. The third kappa shape index (κ3) is 3.10. The van der Waals surface area contributed by atoms with Crippen molar-refractivity contribution in [2.45, 2.75) is 12.8 Å². The molecule has 0 spiro atoms. The Hall–Kier alpha value is -4.32. The molecule has 0 bridgehead atoms. The number of rotatable bonds is 3. The number of hydrogen-bond acceptors (Lipinski definition) is 4. The molecule has 2 aromatic heterocycles. The van der Waals surface area contributed by atoms with Crippen LogP contribution in [0.3, 0.4) is 0 Å². The minimum atomic E-state index is -0.133. The highest BCUT2D eigenvalue weighted by Crippen LogP contribution is 2.40. The Bertz CT molecular complexity index is 1490. The highest BCUT2D eigenvalue weighted by molar-refractivity contribution is 6.07. The van der Waals surface area contributed by atoms with Crippen LogP contribution in [0.1, 0.15) is 33.2 Å². The first kappa shape index (κ1) is 19.4. The molecule has 6 rings (SSSR count). The normalized spacial score (nSPS) is 15.1. The number of fused-ring (bicyclic) bond motifs is 2. The van der Waals surface area contributed by atoms with E-state index in [0.717, 1.165) is 27.7 Å². The van der Waals surface area contributed by atoms with Crippen molar-refractivity contribution in [1.82, 2.24) is 20.0 Å². The summed E-state index contributed by atoms with van der Waals surface area (Å²) < 4.78 is 1.74. The maximum Gasteiger partial charge on any atom is 0.280 e. The summed E-state index contributed by atoms with van der Waals surface area (Å²) in [6.45, 7) is 2.47. The van der Waals surface area contributed by atoms with Gasteiger partial charge in [0.15, 0.2) is 5.69 Å². The summed E-state index contributed by atoms with van der Waals surface area (Å²) in [7, 11) is 0. The summed E-state index contributed by atoms with van der Waals surface area (Å²) in [5.74, 6) is -0.00111. The molecule has 1 unspecified atom stereocenters. The van der Waals surface area contributed by atoms with E-state index >= 15 is 0 Å². The lowest BCUT2D eigenvalue weighted by atomic mass is 9.93. The van der Waals surface area contributed by atoms with E-state index in [9.17, 15) is 4.79 Å². The molecule has 0 saturated heterocycles.